The topological polar surface area (TPSA) is 41.1 Å². The average Bonchev–Trinajstić information content (AvgIpc) is 2.87. The van der Waals surface area contributed by atoms with E-state index in [2.05, 4.69) is 10.6 Å². The highest BCUT2D eigenvalue weighted by Crippen LogP contribution is 2.43. The van der Waals surface area contributed by atoms with E-state index in [1.807, 2.05) is 0 Å². The third kappa shape index (κ3) is 3.04. The summed E-state index contributed by atoms with van der Waals surface area (Å²) in [6.45, 7) is 0.333. The maximum atomic E-state index is 13.1. The normalized spacial score (nSPS) is 29.4. The number of rotatable bonds is 3. The van der Waals surface area contributed by atoms with Crippen LogP contribution in [0.15, 0.2) is 0 Å². The zero-order valence-corrected chi connectivity index (χ0v) is 11.0. The Balaban J connectivity index is 1.93. The number of carbonyl (C=O) groups is 1. The quantitative estimate of drug-likeness (QED) is 0.831. The van der Waals surface area contributed by atoms with Gasteiger partial charge in [-0.3, -0.25) is 4.79 Å². The van der Waals surface area contributed by atoms with Gasteiger partial charge in [-0.25, -0.2) is 0 Å². The molecular formula is C13H21F3N2O. The van der Waals surface area contributed by atoms with Gasteiger partial charge in [0.25, 0.3) is 0 Å². The molecule has 0 aromatic carbocycles. The summed E-state index contributed by atoms with van der Waals surface area (Å²) < 4.78 is 39.4. The number of nitrogens with one attached hydrogen (secondary N) is 2. The van der Waals surface area contributed by atoms with Gasteiger partial charge in [-0.2, -0.15) is 13.2 Å². The molecule has 2 fully saturated rings. The summed E-state index contributed by atoms with van der Waals surface area (Å²) >= 11 is 0. The standard InChI is InChI=1S/C13H21F3N2O/c14-13(15,16)12(6-7-17-9-12)11(19)18-8-10-4-2-1-3-5-10/h10,17H,1-9H2,(H,18,19). The molecule has 0 aromatic rings. The predicted octanol–water partition coefficient (Wildman–Crippen LogP) is 2.22. The van der Waals surface area contributed by atoms with E-state index < -0.39 is 17.5 Å². The van der Waals surface area contributed by atoms with Crippen molar-refractivity contribution >= 4 is 5.91 Å². The molecule has 0 spiro atoms. The SMILES string of the molecule is O=C(NCC1CCCCC1)C1(C(F)(F)F)CCNC1. The van der Waals surface area contributed by atoms with Crippen molar-refractivity contribution in [3.05, 3.63) is 0 Å². The van der Waals surface area contributed by atoms with E-state index in [0.29, 0.717) is 12.5 Å². The molecule has 1 heterocycles. The molecule has 0 radical (unpaired) electrons. The van der Waals surface area contributed by atoms with E-state index in [1.54, 1.807) is 0 Å². The molecule has 1 amide bonds. The first-order valence-electron chi connectivity index (χ1n) is 7.01. The van der Waals surface area contributed by atoms with Gasteiger partial charge < -0.3 is 10.6 Å². The van der Waals surface area contributed by atoms with Gasteiger partial charge in [0.1, 0.15) is 0 Å². The Kier molecular flexibility index (Phi) is 4.38. The lowest BCUT2D eigenvalue weighted by atomic mass is 9.84. The highest BCUT2D eigenvalue weighted by molar-refractivity contribution is 5.84. The summed E-state index contributed by atoms with van der Waals surface area (Å²) in [6.07, 6.45) is 0.815. The Morgan fingerprint density at radius 1 is 1.26 bits per heavy atom. The molecule has 1 unspecified atom stereocenters. The van der Waals surface area contributed by atoms with E-state index in [-0.39, 0.29) is 19.5 Å². The lowest BCUT2D eigenvalue weighted by molar-refractivity contribution is -0.216. The summed E-state index contributed by atoms with van der Waals surface area (Å²) in [7, 11) is 0. The van der Waals surface area contributed by atoms with Crippen LogP contribution >= 0.6 is 0 Å². The molecule has 0 aromatic heterocycles. The fraction of sp³-hybridized carbons (Fsp3) is 0.923. The van der Waals surface area contributed by atoms with Crippen molar-refractivity contribution in [1.29, 1.82) is 0 Å². The maximum Gasteiger partial charge on any atom is 0.404 e. The number of alkyl halides is 3. The minimum Gasteiger partial charge on any atom is -0.355 e. The lowest BCUT2D eigenvalue weighted by Gasteiger charge is -2.30. The molecule has 1 saturated heterocycles. The molecular weight excluding hydrogens is 257 g/mol. The zero-order chi connectivity index (χ0) is 13.9. The van der Waals surface area contributed by atoms with Crippen molar-refractivity contribution in [2.45, 2.75) is 44.7 Å². The van der Waals surface area contributed by atoms with Gasteiger partial charge in [-0.15, -0.1) is 0 Å². The summed E-state index contributed by atoms with van der Waals surface area (Å²) in [5.41, 5.74) is -2.22. The Morgan fingerprint density at radius 2 is 1.95 bits per heavy atom. The van der Waals surface area contributed by atoms with E-state index >= 15 is 0 Å². The van der Waals surface area contributed by atoms with Crippen molar-refractivity contribution < 1.29 is 18.0 Å². The van der Waals surface area contributed by atoms with Gasteiger partial charge in [-0.05, 0) is 31.7 Å². The summed E-state index contributed by atoms with van der Waals surface area (Å²) in [5.74, 6) is -0.507. The number of halogens is 3. The Hall–Kier alpha value is -0.780. The summed E-state index contributed by atoms with van der Waals surface area (Å²) in [4.78, 5) is 12.0. The minimum absolute atomic E-state index is 0.160. The minimum atomic E-state index is -4.48. The Labute approximate surface area is 111 Å². The zero-order valence-electron chi connectivity index (χ0n) is 11.0. The van der Waals surface area contributed by atoms with Crippen LogP contribution in [-0.4, -0.2) is 31.7 Å². The van der Waals surface area contributed by atoms with Gasteiger partial charge >= 0.3 is 6.18 Å². The van der Waals surface area contributed by atoms with Crippen LogP contribution in [0, 0.1) is 11.3 Å². The second-order valence-corrected chi connectivity index (χ2v) is 5.72. The number of hydrogen-bond donors (Lipinski definition) is 2. The van der Waals surface area contributed by atoms with Crippen molar-refractivity contribution in [3.8, 4) is 0 Å². The second kappa shape index (κ2) is 5.69. The van der Waals surface area contributed by atoms with E-state index in [9.17, 15) is 18.0 Å². The van der Waals surface area contributed by atoms with Crippen molar-refractivity contribution in [2.24, 2.45) is 11.3 Å². The van der Waals surface area contributed by atoms with Gasteiger partial charge in [0.05, 0.1) is 0 Å². The molecule has 1 aliphatic heterocycles. The fourth-order valence-corrected chi connectivity index (χ4v) is 3.05. The third-order valence-electron chi connectivity index (χ3n) is 4.41. The first-order chi connectivity index (χ1) is 8.96. The second-order valence-electron chi connectivity index (χ2n) is 5.72. The van der Waals surface area contributed by atoms with Crippen LogP contribution < -0.4 is 10.6 Å². The van der Waals surface area contributed by atoms with Crippen LogP contribution in [0.25, 0.3) is 0 Å². The largest absolute Gasteiger partial charge is 0.404 e. The van der Waals surface area contributed by atoms with Crippen molar-refractivity contribution in [1.82, 2.24) is 10.6 Å². The van der Waals surface area contributed by atoms with Crippen LogP contribution in [0.1, 0.15) is 38.5 Å². The maximum absolute atomic E-state index is 13.1. The summed E-state index contributed by atoms with van der Waals surface area (Å²) in [5, 5.41) is 5.20. The highest BCUT2D eigenvalue weighted by atomic mass is 19.4. The van der Waals surface area contributed by atoms with Crippen LogP contribution in [0.2, 0.25) is 0 Å². The summed E-state index contributed by atoms with van der Waals surface area (Å²) in [6, 6.07) is 0. The third-order valence-corrected chi connectivity index (χ3v) is 4.41. The van der Waals surface area contributed by atoms with Crippen LogP contribution in [0.3, 0.4) is 0 Å². The Morgan fingerprint density at radius 3 is 2.47 bits per heavy atom. The van der Waals surface area contributed by atoms with Gasteiger partial charge in [0, 0.05) is 13.1 Å². The molecule has 1 atom stereocenters. The molecule has 110 valence electrons. The van der Waals surface area contributed by atoms with Crippen LogP contribution in [0.5, 0.6) is 0 Å². The monoisotopic (exact) mass is 278 g/mol. The number of hydrogen-bond acceptors (Lipinski definition) is 2. The average molecular weight is 278 g/mol. The van der Waals surface area contributed by atoms with Crippen molar-refractivity contribution in [2.75, 3.05) is 19.6 Å². The molecule has 0 bridgehead atoms. The van der Waals surface area contributed by atoms with Crippen LogP contribution in [0.4, 0.5) is 13.2 Å². The van der Waals surface area contributed by atoms with E-state index in [0.717, 1.165) is 25.7 Å². The smallest absolute Gasteiger partial charge is 0.355 e. The molecule has 1 saturated carbocycles. The number of amides is 1. The van der Waals surface area contributed by atoms with Gasteiger partial charge in [0.15, 0.2) is 5.41 Å². The first-order valence-corrected chi connectivity index (χ1v) is 7.01. The fourth-order valence-electron chi connectivity index (χ4n) is 3.05. The van der Waals surface area contributed by atoms with Crippen molar-refractivity contribution in [3.63, 3.8) is 0 Å². The van der Waals surface area contributed by atoms with Gasteiger partial charge in [-0.1, -0.05) is 19.3 Å². The lowest BCUT2D eigenvalue weighted by Crippen LogP contribution is -2.53. The highest BCUT2D eigenvalue weighted by Gasteiger charge is 2.61. The number of carbonyl (C=O) groups excluding carboxylic acids is 1. The predicted molar refractivity (Wildman–Crippen MR) is 65.6 cm³/mol. The Bertz CT molecular complexity index is 318. The van der Waals surface area contributed by atoms with E-state index in [1.165, 1.54) is 6.42 Å². The molecule has 1 aliphatic carbocycles. The molecule has 2 aliphatic rings. The molecule has 2 rings (SSSR count). The molecule has 19 heavy (non-hydrogen) atoms. The first kappa shape index (κ1) is 14.6. The van der Waals surface area contributed by atoms with Gasteiger partial charge in [0.2, 0.25) is 5.91 Å². The van der Waals surface area contributed by atoms with Crippen LogP contribution in [-0.2, 0) is 4.79 Å². The molecule has 2 N–H and O–H groups in total. The molecule has 3 nitrogen and oxygen atoms in total. The molecule has 6 heteroatoms. The van der Waals surface area contributed by atoms with E-state index in [4.69, 9.17) is 0 Å².